The van der Waals surface area contributed by atoms with Crippen LogP contribution in [0.15, 0.2) is 47.6 Å². The minimum absolute atomic E-state index is 0.181. The first-order chi connectivity index (χ1) is 16.1. The minimum atomic E-state index is -0.550. The third kappa shape index (κ3) is 7.63. The second kappa shape index (κ2) is 12.6. The van der Waals surface area contributed by atoms with Crippen LogP contribution in [0.4, 0.5) is 5.69 Å². The average molecular weight is 452 g/mol. The molecule has 1 aliphatic rings. The maximum Gasteiger partial charge on any atom is 0.308 e. The van der Waals surface area contributed by atoms with Crippen molar-refractivity contribution < 1.29 is 19.1 Å². The monoisotopic (exact) mass is 451 g/mol. The van der Waals surface area contributed by atoms with Crippen LogP contribution in [0.5, 0.6) is 5.75 Å². The normalized spacial score (nSPS) is 14.9. The molecule has 7 nitrogen and oxygen atoms in total. The number of esters is 1. The van der Waals surface area contributed by atoms with E-state index in [4.69, 9.17) is 9.47 Å². The lowest BCUT2D eigenvalue weighted by Gasteiger charge is -2.26. The number of rotatable bonds is 11. The van der Waals surface area contributed by atoms with Crippen molar-refractivity contribution in [1.82, 2.24) is 5.43 Å². The predicted molar refractivity (Wildman–Crippen MR) is 130 cm³/mol. The van der Waals surface area contributed by atoms with Gasteiger partial charge in [-0.15, -0.1) is 0 Å². The summed E-state index contributed by atoms with van der Waals surface area (Å²) < 4.78 is 11.1. The van der Waals surface area contributed by atoms with E-state index in [0.29, 0.717) is 36.3 Å². The number of benzene rings is 2. The Morgan fingerprint density at radius 1 is 1.12 bits per heavy atom. The summed E-state index contributed by atoms with van der Waals surface area (Å²) in [5.74, 6) is 0.259. The van der Waals surface area contributed by atoms with Crippen molar-refractivity contribution in [3.8, 4) is 5.75 Å². The van der Waals surface area contributed by atoms with Crippen molar-refractivity contribution in [3.63, 3.8) is 0 Å². The zero-order valence-corrected chi connectivity index (χ0v) is 19.4. The molecule has 33 heavy (non-hydrogen) atoms. The maximum absolute atomic E-state index is 12.6. The molecule has 1 aliphatic heterocycles. The first-order valence-corrected chi connectivity index (χ1v) is 11.8. The van der Waals surface area contributed by atoms with Gasteiger partial charge >= 0.3 is 5.97 Å². The molecule has 2 aromatic carbocycles. The standard InChI is InChI=1S/C26H33N3O4/c1-3-5-6-16-27-28-18-19-8-10-20(11-9-19)26(31)29-22-13-14-23-21(17-22)12-15-25(32-23)33-24(30)7-4-2/h8-11,13-14,17-18,25,27H,3-7,12,15-16H2,1-2H3,(H,29,31). The van der Waals surface area contributed by atoms with Crippen LogP contribution in [0.1, 0.15) is 73.9 Å². The van der Waals surface area contributed by atoms with Gasteiger partial charge in [0.2, 0.25) is 6.29 Å². The number of nitrogens with one attached hydrogen (secondary N) is 2. The summed E-state index contributed by atoms with van der Waals surface area (Å²) >= 11 is 0. The molecule has 1 amide bonds. The van der Waals surface area contributed by atoms with E-state index in [1.807, 2.05) is 25.1 Å². The lowest BCUT2D eigenvalue weighted by atomic mass is 10.0. The Labute approximate surface area is 195 Å². The van der Waals surface area contributed by atoms with Crippen LogP contribution < -0.4 is 15.5 Å². The smallest absolute Gasteiger partial charge is 0.308 e. The lowest BCUT2D eigenvalue weighted by Crippen LogP contribution is -2.28. The van der Waals surface area contributed by atoms with Crippen molar-refractivity contribution in [1.29, 1.82) is 0 Å². The maximum atomic E-state index is 12.6. The Balaban J connectivity index is 1.51. The zero-order valence-electron chi connectivity index (χ0n) is 19.4. The van der Waals surface area contributed by atoms with Gasteiger partial charge in [0.25, 0.3) is 5.91 Å². The van der Waals surface area contributed by atoms with Gasteiger partial charge in [0.15, 0.2) is 0 Å². The van der Waals surface area contributed by atoms with Crippen molar-refractivity contribution in [2.45, 2.75) is 65.1 Å². The van der Waals surface area contributed by atoms with Crippen LogP contribution in [0, 0.1) is 0 Å². The van der Waals surface area contributed by atoms with E-state index in [2.05, 4.69) is 22.8 Å². The molecule has 1 atom stereocenters. The van der Waals surface area contributed by atoms with Crippen LogP contribution in [0.3, 0.4) is 0 Å². The average Bonchev–Trinajstić information content (AvgIpc) is 2.82. The lowest BCUT2D eigenvalue weighted by molar-refractivity contribution is -0.165. The molecule has 0 aliphatic carbocycles. The molecule has 0 fully saturated rings. The number of ether oxygens (including phenoxy) is 2. The van der Waals surface area contributed by atoms with E-state index < -0.39 is 6.29 Å². The second-order valence-electron chi connectivity index (χ2n) is 8.10. The zero-order chi connectivity index (χ0) is 23.5. The highest BCUT2D eigenvalue weighted by Crippen LogP contribution is 2.30. The fourth-order valence-electron chi connectivity index (χ4n) is 3.50. The Kier molecular flexibility index (Phi) is 9.30. The van der Waals surface area contributed by atoms with E-state index >= 15 is 0 Å². The number of nitrogens with zero attached hydrogens (tertiary/aromatic N) is 1. The van der Waals surface area contributed by atoms with Gasteiger partial charge in [0.05, 0.1) is 6.21 Å². The van der Waals surface area contributed by atoms with Gasteiger partial charge < -0.3 is 20.2 Å². The van der Waals surface area contributed by atoms with Crippen LogP contribution in [0.2, 0.25) is 0 Å². The number of anilines is 1. The number of hydrogen-bond acceptors (Lipinski definition) is 6. The minimum Gasteiger partial charge on any atom is -0.454 e. The largest absolute Gasteiger partial charge is 0.454 e. The van der Waals surface area contributed by atoms with Crippen molar-refractivity contribution in [3.05, 3.63) is 59.2 Å². The number of hydrogen-bond donors (Lipinski definition) is 2. The molecule has 2 aromatic rings. The number of carbonyl (C=O) groups excluding carboxylic acids is 2. The summed E-state index contributed by atoms with van der Waals surface area (Å²) in [5.41, 5.74) is 6.21. The van der Waals surface area contributed by atoms with Gasteiger partial charge in [-0.05, 0) is 60.7 Å². The number of aryl methyl sites for hydroxylation is 1. The molecule has 1 heterocycles. The molecule has 7 heteroatoms. The van der Waals surface area contributed by atoms with Gasteiger partial charge in [0, 0.05) is 30.6 Å². The third-order valence-corrected chi connectivity index (χ3v) is 5.31. The summed E-state index contributed by atoms with van der Waals surface area (Å²) in [6.07, 6.45) is 7.13. The fourth-order valence-corrected chi connectivity index (χ4v) is 3.50. The number of fused-ring (bicyclic) bond motifs is 1. The SMILES string of the molecule is CCCCCNN=Cc1ccc(C(=O)Nc2ccc3c(c2)CCC(OC(=O)CCC)O3)cc1. The summed E-state index contributed by atoms with van der Waals surface area (Å²) in [4.78, 5) is 24.3. The molecule has 0 bridgehead atoms. The van der Waals surface area contributed by atoms with Crippen molar-refractivity contribution in [2.75, 3.05) is 11.9 Å². The number of carbonyl (C=O) groups is 2. The van der Waals surface area contributed by atoms with Crippen molar-refractivity contribution >= 4 is 23.8 Å². The topological polar surface area (TPSA) is 89.0 Å². The Bertz CT molecular complexity index is 957. The summed E-state index contributed by atoms with van der Waals surface area (Å²) in [6.45, 7) is 4.97. The van der Waals surface area contributed by atoms with Gasteiger partial charge in [-0.2, -0.15) is 5.10 Å². The molecule has 0 aromatic heterocycles. The molecule has 1 unspecified atom stereocenters. The molecule has 0 radical (unpaired) electrons. The summed E-state index contributed by atoms with van der Waals surface area (Å²) in [7, 11) is 0. The van der Waals surface area contributed by atoms with E-state index in [9.17, 15) is 9.59 Å². The van der Waals surface area contributed by atoms with Gasteiger partial charge in [0.1, 0.15) is 5.75 Å². The van der Waals surface area contributed by atoms with E-state index in [1.54, 1.807) is 30.5 Å². The Hall–Kier alpha value is -3.35. The number of hydrazone groups is 1. The number of unbranched alkanes of at least 4 members (excludes halogenated alkanes) is 2. The molecular weight excluding hydrogens is 418 g/mol. The highest BCUT2D eigenvalue weighted by atomic mass is 16.7. The second-order valence-corrected chi connectivity index (χ2v) is 8.10. The fraction of sp³-hybridized carbons (Fsp3) is 0.423. The molecule has 0 spiro atoms. The molecule has 0 saturated heterocycles. The van der Waals surface area contributed by atoms with Crippen LogP contribution in [-0.2, 0) is 16.0 Å². The quantitative estimate of drug-likeness (QED) is 0.216. The molecular formula is C26H33N3O4. The van der Waals surface area contributed by atoms with Crippen molar-refractivity contribution in [2.24, 2.45) is 5.10 Å². The first kappa shape index (κ1) is 24.3. The van der Waals surface area contributed by atoms with Gasteiger partial charge in [-0.25, -0.2) is 0 Å². The summed E-state index contributed by atoms with van der Waals surface area (Å²) in [6, 6.07) is 12.8. The van der Waals surface area contributed by atoms with Crippen LogP contribution in [-0.4, -0.2) is 30.9 Å². The highest BCUT2D eigenvalue weighted by Gasteiger charge is 2.23. The summed E-state index contributed by atoms with van der Waals surface area (Å²) in [5, 5.41) is 7.15. The molecule has 2 N–H and O–H groups in total. The Morgan fingerprint density at radius 3 is 2.70 bits per heavy atom. The molecule has 0 saturated carbocycles. The van der Waals surface area contributed by atoms with Crippen LogP contribution in [0.25, 0.3) is 0 Å². The third-order valence-electron chi connectivity index (χ3n) is 5.31. The van der Waals surface area contributed by atoms with E-state index in [-0.39, 0.29) is 11.9 Å². The van der Waals surface area contributed by atoms with Gasteiger partial charge in [-0.1, -0.05) is 38.8 Å². The van der Waals surface area contributed by atoms with Gasteiger partial charge in [-0.3, -0.25) is 9.59 Å². The van der Waals surface area contributed by atoms with E-state index in [0.717, 1.165) is 30.5 Å². The number of amides is 1. The van der Waals surface area contributed by atoms with E-state index in [1.165, 1.54) is 12.8 Å². The van der Waals surface area contributed by atoms with Crippen LogP contribution >= 0.6 is 0 Å². The molecule has 176 valence electrons. The molecule has 3 rings (SSSR count). The first-order valence-electron chi connectivity index (χ1n) is 11.8. The predicted octanol–water partition coefficient (Wildman–Crippen LogP) is 5.05. The Morgan fingerprint density at radius 2 is 1.94 bits per heavy atom. The highest BCUT2D eigenvalue weighted by molar-refractivity contribution is 6.04.